The lowest BCUT2D eigenvalue weighted by Crippen LogP contribution is -2.17. The van der Waals surface area contributed by atoms with Crippen LogP contribution in [0.3, 0.4) is 0 Å². The summed E-state index contributed by atoms with van der Waals surface area (Å²) in [5, 5.41) is 0. The Hall–Kier alpha value is -0.340. The molecular weight excluding hydrogens is 150 g/mol. The van der Waals surface area contributed by atoms with Crippen LogP contribution in [0.4, 0.5) is 0 Å². The van der Waals surface area contributed by atoms with Gasteiger partial charge in [0.2, 0.25) is 0 Å². The van der Waals surface area contributed by atoms with Crippen LogP contribution in [0, 0.1) is 0 Å². The molecule has 2 nitrogen and oxygen atoms in total. The van der Waals surface area contributed by atoms with E-state index in [9.17, 15) is 0 Å². The molecule has 0 amide bonds. The first kappa shape index (κ1) is 9.75. The highest BCUT2D eigenvalue weighted by molar-refractivity contribution is 4.91. The Kier molecular flexibility index (Phi) is 5.04. The van der Waals surface area contributed by atoms with E-state index in [1.165, 1.54) is 25.7 Å². The first-order valence-corrected chi connectivity index (χ1v) is 4.92. The van der Waals surface area contributed by atoms with E-state index in [4.69, 9.17) is 10.5 Å². The van der Waals surface area contributed by atoms with Gasteiger partial charge < -0.3 is 10.5 Å². The summed E-state index contributed by atoms with van der Waals surface area (Å²) >= 11 is 0. The highest BCUT2D eigenvalue weighted by atomic mass is 16.5. The van der Waals surface area contributed by atoms with Gasteiger partial charge in [0.05, 0.1) is 12.7 Å². The number of allylic oxidation sites excluding steroid dienone is 1. The van der Waals surface area contributed by atoms with E-state index in [2.05, 4.69) is 12.2 Å². The fourth-order valence-corrected chi connectivity index (χ4v) is 1.49. The van der Waals surface area contributed by atoms with Crippen LogP contribution in [0.5, 0.6) is 0 Å². The molecule has 1 aliphatic carbocycles. The fraction of sp³-hybridized carbons (Fsp3) is 0.800. The second kappa shape index (κ2) is 6.21. The molecule has 1 unspecified atom stereocenters. The third-order valence-corrected chi connectivity index (χ3v) is 2.16. The molecular formula is C10H19NO. The second-order valence-electron chi connectivity index (χ2n) is 3.26. The smallest absolute Gasteiger partial charge is 0.0756 e. The zero-order valence-corrected chi connectivity index (χ0v) is 7.67. The second-order valence-corrected chi connectivity index (χ2v) is 3.26. The van der Waals surface area contributed by atoms with Gasteiger partial charge >= 0.3 is 0 Å². The minimum Gasteiger partial charge on any atom is -0.373 e. The van der Waals surface area contributed by atoms with Gasteiger partial charge in [0, 0.05) is 6.54 Å². The van der Waals surface area contributed by atoms with Crippen molar-refractivity contribution in [1.82, 2.24) is 0 Å². The summed E-state index contributed by atoms with van der Waals surface area (Å²) in [6.45, 7) is 1.32. The molecule has 1 rings (SSSR count). The van der Waals surface area contributed by atoms with Gasteiger partial charge in [-0.3, -0.25) is 0 Å². The molecule has 1 atom stereocenters. The van der Waals surface area contributed by atoms with E-state index in [1.54, 1.807) is 0 Å². The number of ether oxygens (including phenoxy) is 1. The SMILES string of the molecule is NCCOC1/C=C\CCCCC1. The van der Waals surface area contributed by atoms with Crippen molar-refractivity contribution < 1.29 is 4.74 Å². The van der Waals surface area contributed by atoms with Gasteiger partial charge in [-0.2, -0.15) is 0 Å². The summed E-state index contributed by atoms with van der Waals surface area (Å²) < 4.78 is 5.56. The van der Waals surface area contributed by atoms with Gasteiger partial charge in [-0.25, -0.2) is 0 Å². The van der Waals surface area contributed by atoms with Crippen LogP contribution >= 0.6 is 0 Å². The minimum atomic E-state index is 0.328. The van der Waals surface area contributed by atoms with Gasteiger partial charge in [0.25, 0.3) is 0 Å². The maximum atomic E-state index is 5.56. The summed E-state index contributed by atoms with van der Waals surface area (Å²) in [5.41, 5.74) is 5.37. The fourth-order valence-electron chi connectivity index (χ4n) is 1.49. The van der Waals surface area contributed by atoms with E-state index in [0.717, 1.165) is 6.42 Å². The lowest BCUT2D eigenvalue weighted by molar-refractivity contribution is 0.0827. The highest BCUT2D eigenvalue weighted by Gasteiger charge is 2.05. The summed E-state index contributed by atoms with van der Waals surface area (Å²) in [7, 11) is 0. The molecule has 70 valence electrons. The van der Waals surface area contributed by atoms with E-state index < -0.39 is 0 Å². The van der Waals surface area contributed by atoms with Gasteiger partial charge in [0.15, 0.2) is 0 Å². The molecule has 2 heteroatoms. The summed E-state index contributed by atoms with van der Waals surface area (Å²) in [4.78, 5) is 0. The third-order valence-electron chi connectivity index (χ3n) is 2.16. The van der Waals surface area contributed by atoms with Gasteiger partial charge in [-0.15, -0.1) is 0 Å². The predicted octanol–water partition coefficient (Wildman–Crippen LogP) is 1.85. The van der Waals surface area contributed by atoms with E-state index in [0.29, 0.717) is 19.3 Å². The molecule has 1 aliphatic rings. The Morgan fingerprint density at radius 1 is 1.33 bits per heavy atom. The standard InChI is InChI=1S/C10H19NO/c11-8-9-12-10-6-4-2-1-3-5-7-10/h4,6,10H,1-3,5,7-9,11H2/b6-4-. The lowest BCUT2D eigenvalue weighted by Gasteiger charge is -2.15. The molecule has 0 aromatic carbocycles. The Morgan fingerprint density at radius 2 is 2.25 bits per heavy atom. The first-order valence-electron chi connectivity index (χ1n) is 4.92. The van der Waals surface area contributed by atoms with Crippen molar-refractivity contribution in [1.29, 1.82) is 0 Å². The molecule has 0 heterocycles. The zero-order valence-electron chi connectivity index (χ0n) is 7.67. The van der Waals surface area contributed by atoms with Crippen molar-refractivity contribution in [3.8, 4) is 0 Å². The van der Waals surface area contributed by atoms with Crippen LogP contribution in [0.25, 0.3) is 0 Å². The Bertz CT molecular complexity index is 134. The van der Waals surface area contributed by atoms with Crippen molar-refractivity contribution in [2.75, 3.05) is 13.2 Å². The van der Waals surface area contributed by atoms with Crippen molar-refractivity contribution in [2.24, 2.45) is 5.73 Å². The summed E-state index contributed by atoms with van der Waals surface area (Å²) in [5.74, 6) is 0. The predicted molar refractivity (Wildman–Crippen MR) is 51.0 cm³/mol. The Morgan fingerprint density at radius 3 is 3.08 bits per heavy atom. The van der Waals surface area contributed by atoms with Crippen molar-refractivity contribution in [3.05, 3.63) is 12.2 Å². The van der Waals surface area contributed by atoms with Crippen LogP contribution in [0.1, 0.15) is 32.1 Å². The normalized spacial score (nSPS) is 27.6. The summed E-state index contributed by atoms with van der Waals surface area (Å²) in [6, 6.07) is 0. The van der Waals surface area contributed by atoms with Gasteiger partial charge in [0.1, 0.15) is 0 Å². The Balaban J connectivity index is 2.23. The molecule has 0 fully saturated rings. The maximum absolute atomic E-state index is 5.56. The molecule has 0 spiro atoms. The maximum Gasteiger partial charge on any atom is 0.0756 e. The van der Waals surface area contributed by atoms with E-state index in [-0.39, 0.29) is 0 Å². The average Bonchev–Trinajstić information content (AvgIpc) is 2.02. The first-order chi connectivity index (χ1) is 5.93. The quantitative estimate of drug-likeness (QED) is 0.654. The van der Waals surface area contributed by atoms with Crippen LogP contribution < -0.4 is 5.73 Å². The largest absolute Gasteiger partial charge is 0.373 e. The molecule has 0 aromatic rings. The Labute approximate surface area is 74.8 Å². The van der Waals surface area contributed by atoms with Crippen LogP contribution in [-0.2, 0) is 4.74 Å². The van der Waals surface area contributed by atoms with Crippen molar-refractivity contribution in [2.45, 2.75) is 38.2 Å². The number of nitrogens with two attached hydrogens (primary N) is 1. The molecule has 0 aliphatic heterocycles. The van der Waals surface area contributed by atoms with E-state index in [1.807, 2.05) is 0 Å². The van der Waals surface area contributed by atoms with Crippen LogP contribution in [-0.4, -0.2) is 19.3 Å². The lowest BCUT2D eigenvalue weighted by atomic mass is 10.0. The molecule has 0 aromatic heterocycles. The number of hydrogen-bond acceptors (Lipinski definition) is 2. The molecule has 0 radical (unpaired) electrons. The minimum absolute atomic E-state index is 0.328. The molecule has 0 saturated carbocycles. The summed E-state index contributed by atoms with van der Waals surface area (Å²) in [6.07, 6.45) is 11.1. The average molecular weight is 169 g/mol. The molecule has 12 heavy (non-hydrogen) atoms. The van der Waals surface area contributed by atoms with Crippen LogP contribution in [0.15, 0.2) is 12.2 Å². The van der Waals surface area contributed by atoms with E-state index >= 15 is 0 Å². The number of hydrogen-bond donors (Lipinski definition) is 1. The van der Waals surface area contributed by atoms with Crippen molar-refractivity contribution in [3.63, 3.8) is 0 Å². The van der Waals surface area contributed by atoms with Crippen molar-refractivity contribution >= 4 is 0 Å². The molecule has 0 bridgehead atoms. The number of rotatable bonds is 3. The zero-order chi connectivity index (χ0) is 8.65. The molecule has 0 saturated heterocycles. The van der Waals surface area contributed by atoms with Gasteiger partial charge in [-0.05, 0) is 19.3 Å². The van der Waals surface area contributed by atoms with Crippen LogP contribution in [0.2, 0.25) is 0 Å². The highest BCUT2D eigenvalue weighted by Crippen LogP contribution is 2.13. The monoisotopic (exact) mass is 169 g/mol. The third kappa shape index (κ3) is 3.88. The molecule has 2 N–H and O–H groups in total. The van der Waals surface area contributed by atoms with Gasteiger partial charge in [-0.1, -0.05) is 25.0 Å². The topological polar surface area (TPSA) is 35.2 Å².